The van der Waals surface area contributed by atoms with Crippen molar-refractivity contribution < 1.29 is 0 Å². The summed E-state index contributed by atoms with van der Waals surface area (Å²) in [4.78, 5) is 0. The molecular formula is C14H19ClN2. The number of nitrogens with zero attached hydrogens (tertiary/aromatic N) is 1. The van der Waals surface area contributed by atoms with Crippen molar-refractivity contribution in [1.29, 1.82) is 5.26 Å². The van der Waals surface area contributed by atoms with Crippen molar-refractivity contribution in [2.75, 3.05) is 11.9 Å². The Bertz CT molecular complexity index is 409. The first-order valence-electron chi connectivity index (χ1n) is 5.86. The number of anilines is 1. The van der Waals surface area contributed by atoms with Gasteiger partial charge in [0.05, 0.1) is 22.7 Å². The molecule has 0 amide bonds. The van der Waals surface area contributed by atoms with E-state index in [2.05, 4.69) is 31.3 Å². The van der Waals surface area contributed by atoms with Gasteiger partial charge in [-0.3, -0.25) is 0 Å². The number of hydrogen-bond acceptors (Lipinski definition) is 2. The van der Waals surface area contributed by atoms with Crippen molar-refractivity contribution in [3.05, 3.63) is 28.3 Å². The molecule has 3 heteroatoms. The smallest absolute Gasteiger partial charge is 0.0677 e. The molecule has 2 nitrogen and oxygen atoms in total. The maximum atomic E-state index is 9.03. The first-order valence-corrected chi connectivity index (χ1v) is 6.23. The lowest BCUT2D eigenvalue weighted by Crippen LogP contribution is -2.18. The van der Waals surface area contributed by atoms with E-state index in [4.69, 9.17) is 16.9 Å². The van der Waals surface area contributed by atoms with Gasteiger partial charge in [-0.25, -0.2) is 0 Å². The largest absolute Gasteiger partial charge is 0.382 e. The molecule has 1 atom stereocenters. The molecule has 1 N–H and O–H groups in total. The molecule has 0 radical (unpaired) electrons. The third-order valence-electron chi connectivity index (χ3n) is 2.90. The molecule has 1 aromatic carbocycles. The molecule has 0 heterocycles. The second-order valence-corrected chi connectivity index (χ2v) is 5.21. The van der Waals surface area contributed by atoms with E-state index in [1.807, 2.05) is 19.9 Å². The van der Waals surface area contributed by atoms with Crippen LogP contribution in [-0.2, 0) is 0 Å². The zero-order chi connectivity index (χ0) is 13.0. The van der Waals surface area contributed by atoms with Crippen LogP contribution >= 0.6 is 11.6 Å². The highest BCUT2D eigenvalue weighted by atomic mass is 35.5. The van der Waals surface area contributed by atoms with Gasteiger partial charge >= 0.3 is 0 Å². The molecule has 0 spiro atoms. The van der Waals surface area contributed by atoms with Crippen LogP contribution in [0.15, 0.2) is 12.1 Å². The standard InChI is InChI=1S/C14H19ClN2/c1-9(2)12(7-16)8-17-14-11(4)5-10(3)6-13(14)15/h5-6,9,12,17H,8H2,1-4H3. The first kappa shape index (κ1) is 13.9. The number of benzene rings is 1. The Morgan fingerprint density at radius 1 is 1.35 bits per heavy atom. The molecule has 0 saturated carbocycles. The summed E-state index contributed by atoms with van der Waals surface area (Å²) in [6.07, 6.45) is 0. The number of nitrogens with one attached hydrogen (secondary N) is 1. The fourth-order valence-electron chi connectivity index (χ4n) is 1.78. The van der Waals surface area contributed by atoms with E-state index < -0.39 is 0 Å². The van der Waals surface area contributed by atoms with Crippen molar-refractivity contribution in [1.82, 2.24) is 0 Å². The molecule has 0 fully saturated rings. The summed E-state index contributed by atoms with van der Waals surface area (Å²) >= 11 is 6.20. The number of nitriles is 1. The maximum Gasteiger partial charge on any atom is 0.0677 e. The van der Waals surface area contributed by atoms with Gasteiger partial charge in [0, 0.05) is 6.54 Å². The van der Waals surface area contributed by atoms with Gasteiger partial charge in [-0.1, -0.05) is 31.5 Å². The summed E-state index contributed by atoms with van der Waals surface area (Å²) in [5.41, 5.74) is 3.22. The van der Waals surface area contributed by atoms with Crippen LogP contribution in [0.4, 0.5) is 5.69 Å². The second kappa shape index (κ2) is 5.93. The Balaban J connectivity index is 2.80. The fraction of sp³-hybridized carbons (Fsp3) is 0.500. The van der Waals surface area contributed by atoms with Gasteiger partial charge in [0.1, 0.15) is 0 Å². The van der Waals surface area contributed by atoms with Crippen molar-refractivity contribution in [2.45, 2.75) is 27.7 Å². The van der Waals surface area contributed by atoms with Crippen molar-refractivity contribution in [3.63, 3.8) is 0 Å². The van der Waals surface area contributed by atoms with Gasteiger partial charge in [-0.05, 0) is 37.0 Å². The van der Waals surface area contributed by atoms with Gasteiger partial charge in [0.15, 0.2) is 0 Å². The Morgan fingerprint density at radius 2 is 2.00 bits per heavy atom. The summed E-state index contributed by atoms with van der Waals surface area (Å²) in [5, 5.41) is 13.0. The quantitative estimate of drug-likeness (QED) is 0.871. The van der Waals surface area contributed by atoms with E-state index >= 15 is 0 Å². The van der Waals surface area contributed by atoms with Crippen LogP contribution in [0.3, 0.4) is 0 Å². The van der Waals surface area contributed by atoms with E-state index in [-0.39, 0.29) is 5.92 Å². The maximum absolute atomic E-state index is 9.03. The molecule has 1 rings (SSSR count). The fourth-order valence-corrected chi connectivity index (χ4v) is 2.17. The van der Waals surface area contributed by atoms with Crippen molar-refractivity contribution in [3.8, 4) is 6.07 Å². The molecular weight excluding hydrogens is 232 g/mol. The minimum absolute atomic E-state index is 0.00627. The van der Waals surface area contributed by atoms with Crippen LogP contribution in [0, 0.1) is 37.0 Å². The van der Waals surface area contributed by atoms with E-state index in [9.17, 15) is 0 Å². The summed E-state index contributed by atoms with van der Waals surface area (Å²) in [7, 11) is 0. The van der Waals surface area contributed by atoms with Crippen LogP contribution in [0.2, 0.25) is 5.02 Å². The van der Waals surface area contributed by atoms with Crippen LogP contribution in [0.5, 0.6) is 0 Å². The van der Waals surface area contributed by atoms with E-state index in [0.717, 1.165) is 21.8 Å². The minimum Gasteiger partial charge on any atom is -0.382 e. The van der Waals surface area contributed by atoms with Gasteiger partial charge in [0.2, 0.25) is 0 Å². The predicted octanol–water partition coefficient (Wildman–Crippen LogP) is 4.16. The molecule has 0 bridgehead atoms. The SMILES string of the molecule is Cc1cc(C)c(NCC(C#N)C(C)C)c(Cl)c1. The Morgan fingerprint density at radius 3 is 2.47 bits per heavy atom. The van der Waals surface area contributed by atoms with Gasteiger partial charge in [-0.2, -0.15) is 5.26 Å². The van der Waals surface area contributed by atoms with E-state index in [0.29, 0.717) is 12.5 Å². The molecule has 0 aromatic heterocycles. The highest BCUT2D eigenvalue weighted by molar-refractivity contribution is 6.33. The number of rotatable bonds is 4. The minimum atomic E-state index is 0.00627. The second-order valence-electron chi connectivity index (χ2n) is 4.80. The summed E-state index contributed by atoms with van der Waals surface area (Å²) < 4.78 is 0. The molecule has 1 unspecified atom stereocenters. The van der Waals surface area contributed by atoms with Crippen LogP contribution in [-0.4, -0.2) is 6.54 Å². The number of hydrogen-bond donors (Lipinski definition) is 1. The van der Waals surface area contributed by atoms with Gasteiger partial charge in [0.25, 0.3) is 0 Å². The van der Waals surface area contributed by atoms with Crippen molar-refractivity contribution >= 4 is 17.3 Å². The third-order valence-corrected chi connectivity index (χ3v) is 3.20. The Hall–Kier alpha value is -1.20. The van der Waals surface area contributed by atoms with Gasteiger partial charge < -0.3 is 5.32 Å². The van der Waals surface area contributed by atoms with Crippen molar-refractivity contribution in [2.24, 2.45) is 11.8 Å². The average Bonchev–Trinajstić information content (AvgIpc) is 2.21. The lowest BCUT2D eigenvalue weighted by molar-refractivity contribution is 0.496. The molecule has 0 aliphatic heterocycles. The molecule has 0 aliphatic carbocycles. The highest BCUT2D eigenvalue weighted by Crippen LogP contribution is 2.27. The van der Waals surface area contributed by atoms with Crippen LogP contribution in [0.25, 0.3) is 0 Å². The van der Waals surface area contributed by atoms with E-state index in [1.165, 1.54) is 0 Å². The van der Waals surface area contributed by atoms with Crippen LogP contribution in [0.1, 0.15) is 25.0 Å². The predicted molar refractivity (Wildman–Crippen MR) is 73.4 cm³/mol. The normalized spacial score (nSPS) is 12.3. The Kier molecular flexibility index (Phi) is 4.84. The monoisotopic (exact) mass is 250 g/mol. The molecule has 92 valence electrons. The Labute approximate surface area is 109 Å². The molecule has 1 aromatic rings. The van der Waals surface area contributed by atoms with Gasteiger partial charge in [-0.15, -0.1) is 0 Å². The third kappa shape index (κ3) is 3.64. The summed E-state index contributed by atoms with van der Waals surface area (Å²) in [6.45, 7) is 8.79. The number of aryl methyl sites for hydroxylation is 2. The topological polar surface area (TPSA) is 35.8 Å². The zero-order valence-electron chi connectivity index (χ0n) is 10.8. The zero-order valence-corrected chi connectivity index (χ0v) is 11.6. The average molecular weight is 251 g/mol. The molecule has 17 heavy (non-hydrogen) atoms. The number of halogens is 1. The summed E-state index contributed by atoms with van der Waals surface area (Å²) in [6, 6.07) is 6.34. The van der Waals surface area contributed by atoms with Crippen LogP contribution < -0.4 is 5.32 Å². The lowest BCUT2D eigenvalue weighted by Gasteiger charge is -2.17. The molecule has 0 saturated heterocycles. The first-order chi connectivity index (χ1) is 7.95. The lowest BCUT2D eigenvalue weighted by atomic mass is 9.97. The summed E-state index contributed by atoms with van der Waals surface area (Å²) in [5.74, 6) is 0.351. The van der Waals surface area contributed by atoms with E-state index in [1.54, 1.807) is 0 Å². The highest BCUT2D eigenvalue weighted by Gasteiger charge is 2.13. The molecule has 0 aliphatic rings.